The lowest BCUT2D eigenvalue weighted by Gasteiger charge is -2.17. The van der Waals surface area contributed by atoms with Crippen LogP contribution >= 0.6 is 0 Å². The zero-order chi connectivity index (χ0) is 12.0. The van der Waals surface area contributed by atoms with Gasteiger partial charge in [0.25, 0.3) is 0 Å². The first kappa shape index (κ1) is 12.4. The molecule has 1 aromatic rings. The number of benzene rings is 1. The minimum absolute atomic E-state index is 0.331. The Balaban J connectivity index is 2.44. The number of isocyanates is 1. The first-order valence-corrected chi connectivity index (χ1v) is 5.01. The average Bonchev–Trinajstić information content (AvgIpc) is 2.17. The number of hydrogen-bond acceptors (Lipinski definition) is 3. The molecule has 0 saturated carbocycles. The average molecular weight is 223 g/mol. The van der Waals surface area contributed by atoms with Crippen molar-refractivity contribution in [2.24, 2.45) is 4.99 Å². The molecule has 0 radical (unpaired) electrons. The molecule has 0 N–H and O–H groups in total. The van der Waals surface area contributed by atoms with E-state index in [-0.39, 0.29) is 5.82 Å². The number of hydrogen-bond donors (Lipinski definition) is 0. The summed E-state index contributed by atoms with van der Waals surface area (Å²) in [4.78, 5) is 13.8. The molecule has 0 aliphatic heterocycles. The molecule has 0 saturated heterocycles. The van der Waals surface area contributed by atoms with Crippen LogP contribution in [0.4, 0.5) is 4.39 Å². The fourth-order valence-electron chi connectivity index (χ4n) is 1.15. The third-order valence-corrected chi connectivity index (χ3v) is 2.13. The first-order chi connectivity index (χ1) is 7.53. The lowest BCUT2D eigenvalue weighted by molar-refractivity contribution is 0.273. The number of ether oxygens (including phenoxy) is 1. The Morgan fingerprint density at radius 3 is 2.88 bits per heavy atom. The molecule has 0 heterocycles. The maximum absolute atomic E-state index is 12.8. The lowest BCUT2D eigenvalue weighted by atomic mass is 10.0. The van der Waals surface area contributed by atoms with Crippen molar-refractivity contribution >= 4 is 6.08 Å². The molecule has 0 unspecified atom stereocenters. The van der Waals surface area contributed by atoms with Crippen molar-refractivity contribution in [3.05, 3.63) is 30.1 Å². The number of carbonyl (C=O) groups excluding carboxylic acids is 1. The lowest BCUT2D eigenvalue weighted by Crippen LogP contribution is -2.20. The van der Waals surface area contributed by atoms with Gasteiger partial charge in [-0.2, -0.15) is 4.99 Å². The third-order valence-electron chi connectivity index (χ3n) is 2.13. The molecule has 86 valence electrons. The molecular formula is C12H14FNO2. The van der Waals surface area contributed by atoms with Crippen LogP contribution in [0.2, 0.25) is 0 Å². The van der Waals surface area contributed by atoms with Gasteiger partial charge in [-0.1, -0.05) is 6.07 Å². The Labute approximate surface area is 94.0 Å². The Kier molecular flexibility index (Phi) is 4.20. The summed E-state index contributed by atoms with van der Waals surface area (Å²) in [6.45, 7) is 4.00. The Hall–Kier alpha value is -1.67. The van der Waals surface area contributed by atoms with Gasteiger partial charge in [0.05, 0.1) is 12.1 Å². The van der Waals surface area contributed by atoms with E-state index in [2.05, 4.69) is 4.99 Å². The summed E-state index contributed by atoms with van der Waals surface area (Å²) in [5.41, 5.74) is -0.491. The molecule has 16 heavy (non-hydrogen) atoms. The van der Waals surface area contributed by atoms with Gasteiger partial charge < -0.3 is 4.74 Å². The molecular weight excluding hydrogens is 209 g/mol. The van der Waals surface area contributed by atoms with E-state index in [9.17, 15) is 9.18 Å². The molecule has 3 nitrogen and oxygen atoms in total. The zero-order valence-electron chi connectivity index (χ0n) is 9.37. The highest BCUT2D eigenvalue weighted by molar-refractivity contribution is 5.34. The molecule has 0 fully saturated rings. The van der Waals surface area contributed by atoms with Gasteiger partial charge in [0.15, 0.2) is 0 Å². The first-order valence-electron chi connectivity index (χ1n) is 5.01. The van der Waals surface area contributed by atoms with E-state index in [1.54, 1.807) is 12.1 Å². The van der Waals surface area contributed by atoms with Crippen LogP contribution in [-0.2, 0) is 4.79 Å². The van der Waals surface area contributed by atoms with Gasteiger partial charge in [-0.3, -0.25) is 0 Å². The molecule has 0 aromatic heterocycles. The number of halogens is 1. The van der Waals surface area contributed by atoms with Gasteiger partial charge >= 0.3 is 0 Å². The molecule has 0 amide bonds. The van der Waals surface area contributed by atoms with E-state index >= 15 is 0 Å². The standard InChI is InChI=1S/C12H14FNO2/c1-12(2,14-9-15)6-7-16-11-5-3-4-10(13)8-11/h3-5,8H,6-7H2,1-2H3. The van der Waals surface area contributed by atoms with Crippen LogP contribution in [0.5, 0.6) is 5.75 Å². The number of nitrogens with zero attached hydrogens (tertiary/aromatic N) is 1. The smallest absolute Gasteiger partial charge is 0.235 e. The van der Waals surface area contributed by atoms with Gasteiger partial charge in [0.1, 0.15) is 11.6 Å². The van der Waals surface area contributed by atoms with Crippen molar-refractivity contribution in [1.29, 1.82) is 0 Å². The van der Waals surface area contributed by atoms with Crippen molar-refractivity contribution in [2.45, 2.75) is 25.8 Å². The Morgan fingerprint density at radius 2 is 2.25 bits per heavy atom. The largest absolute Gasteiger partial charge is 0.493 e. The summed E-state index contributed by atoms with van der Waals surface area (Å²) >= 11 is 0. The molecule has 0 atom stereocenters. The summed E-state index contributed by atoms with van der Waals surface area (Å²) in [6, 6.07) is 5.93. The van der Waals surface area contributed by atoms with Gasteiger partial charge in [-0.05, 0) is 26.0 Å². The van der Waals surface area contributed by atoms with Crippen molar-refractivity contribution in [3.63, 3.8) is 0 Å². The predicted octanol–water partition coefficient (Wildman–Crippen LogP) is 2.71. The molecule has 1 rings (SSSR count). The fourth-order valence-corrected chi connectivity index (χ4v) is 1.15. The third kappa shape index (κ3) is 4.24. The molecule has 1 aromatic carbocycles. The second-order valence-electron chi connectivity index (χ2n) is 4.07. The van der Waals surface area contributed by atoms with Crippen molar-refractivity contribution in [1.82, 2.24) is 0 Å². The van der Waals surface area contributed by atoms with Gasteiger partial charge in [0, 0.05) is 12.5 Å². The summed E-state index contributed by atoms with van der Waals surface area (Å²) < 4.78 is 18.1. The van der Waals surface area contributed by atoms with E-state index in [0.29, 0.717) is 18.8 Å². The SMILES string of the molecule is CC(C)(CCOc1cccc(F)c1)N=C=O. The maximum Gasteiger partial charge on any atom is 0.235 e. The summed E-state index contributed by atoms with van der Waals surface area (Å²) in [7, 11) is 0. The number of rotatable bonds is 5. The Bertz CT molecular complexity index is 398. The van der Waals surface area contributed by atoms with Crippen LogP contribution in [0.3, 0.4) is 0 Å². The van der Waals surface area contributed by atoms with E-state index < -0.39 is 5.54 Å². The Morgan fingerprint density at radius 1 is 1.50 bits per heavy atom. The van der Waals surface area contributed by atoms with E-state index in [1.165, 1.54) is 18.2 Å². The zero-order valence-corrected chi connectivity index (χ0v) is 9.37. The predicted molar refractivity (Wildman–Crippen MR) is 58.7 cm³/mol. The van der Waals surface area contributed by atoms with Crippen molar-refractivity contribution in [2.75, 3.05) is 6.61 Å². The van der Waals surface area contributed by atoms with Crippen LogP contribution in [0.25, 0.3) is 0 Å². The van der Waals surface area contributed by atoms with Crippen LogP contribution in [0, 0.1) is 5.82 Å². The summed E-state index contributed by atoms with van der Waals surface area (Å²) in [5, 5.41) is 0. The minimum Gasteiger partial charge on any atom is -0.493 e. The van der Waals surface area contributed by atoms with E-state index in [0.717, 1.165) is 0 Å². The molecule has 0 aliphatic carbocycles. The van der Waals surface area contributed by atoms with Gasteiger partial charge in [0.2, 0.25) is 6.08 Å². The second kappa shape index (κ2) is 5.42. The quantitative estimate of drug-likeness (QED) is 0.568. The molecule has 4 heteroatoms. The van der Waals surface area contributed by atoms with Crippen LogP contribution < -0.4 is 4.74 Å². The second-order valence-corrected chi connectivity index (χ2v) is 4.07. The van der Waals surface area contributed by atoms with Crippen LogP contribution in [-0.4, -0.2) is 18.2 Å². The molecule has 0 spiro atoms. The fraction of sp³-hybridized carbons (Fsp3) is 0.417. The van der Waals surface area contributed by atoms with Crippen LogP contribution in [0.1, 0.15) is 20.3 Å². The highest BCUT2D eigenvalue weighted by Gasteiger charge is 2.15. The normalized spacial score (nSPS) is 10.7. The van der Waals surface area contributed by atoms with Gasteiger partial charge in [-0.25, -0.2) is 9.18 Å². The summed E-state index contributed by atoms with van der Waals surface area (Å²) in [6.07, 6.45) is 2.09. The molecule has 0 bridgehead atoms. The summed E-state index contributed by atoms with van der Waals surface area (Å²) in [5.74, 6) is 0.147. The molecule has 0 aliphatic rings. The highest BCUT2D eigenvalue weighted by Crippen LogP contribution is 2.16. The van der Waals surface area contributed by atoms with Crippen LogP contribution in [0.15, 0.2) is 29.3 Å². The van der Waals surface area contributed by atoms with E-state index in [1.807, 2.05) is 13.8 Å². The van der Waals surface area contributed by atoms with Gasteiger partial charge in [-0.15, -0.1) is 0 Å². The van der Waals surface area contributed by atoms with Crippen molar-refractivity contribution < 1.29 is 13.9 Å². The number of aliphatic imine (C=N–C) groups is 1. The minimum atomic E-state index is -0.491. The van der Waals surface area contributed by atoms with Crippen molar-refractivity contribution in [3.8, 4) is 5.75 Å². The topological polar surface area (TPSA) is 38.7 Å². The monoisotopic (exact) mass is 223 g/mol. The highest BCUT2D eigenvalue weighted by atomic mass is 19.1. The van der Waals surface area contributed by atoms with E-state index in [4.69, 9.17) is 4.74 Å². The maximum atomic E-state index is 12.8.